The zero-order valence-electron chi connectivity index (χ0n) is 17.7. The van der Waals surface area contributed by atoms with Crippen molar-refractivity contribution in [3.63, 3.8) is 0 Å². The Balaban J connectivity index is 1.33. The van der Waals surface area contributed by atoms with Gasteiger partial charge in [0.2, 0.25) is 0 Å². The van der Waals surface area contributed by atoms with Gasteiger partial charge in [0.1, 0.15) is 36.9 Å². The molecule has 2 aliphatic rings. The fourth-order valence-electron chi connectivity index (χ4n) is 4.14. The number of hydrogen-bond donors (Lipinski definition) is 2. The standard InChI is InChI=1S/C23H30N6O2/c24-16-27-29-12-8-19-2-1-3-23(22(19)10-13-29)30-15-18-4-6-20(7-5-18)31-21-9-11-28(14-21)17-26-25/h1-7,16-17,21H,8-15,25H2,(H2,24,27). The molecule has 1 atom stereocenters. The first-order valence-corrected chi connectivity index (χ1v) is 10.7. The van der Waals surface area contributed by atoms with Crippen molar-refractivity contribution in [3.05, 3.63) is 59.2 Å². The van der Waals surface area contributed by atoms with E-state index < -0.39 is 0 Å². The van der Waals surface area contributed by atoms with Crippen molar-refractivity contribution in [2.45, 2.75) is 32.0 Å². The molecule has 164 valence electrons. The predicted octanol–water partition coefficient (Wildman–Crippen LogP) is 1.92. The summed E-state index contributed by atoms with van der Waals surface area (Å²) >= 11 is 0. The lowest BCUT2D eigenvalue weighted by Crippen LogP contribution is -2.24. The van der Waals surface area contributed by atoms with Crippen molar-refractivity contribution in [1.29, 1.82) is 0 Å². The maximum atomic E-state index is 6.20. The van der Waals surface area contributed by atoms with Gasteiger partial charge in [-0.2, -0.15) is 10.2 Å². The van der Waals surface area contributed by atoms with Crippen molar-refractivity contribution in [1.82, 2.24) is 9.91 Å². The third kappa shape index (κ3) is 5.39. The topological polar surface area (TPSA) is 102 Å². The first kappa shape index (κ1) is 20.8. The molecule has 2 aliphatic heterocycles. The lowest BCUT2D eigenvalue weighted by Gasteiger charge is -2.16. The molecule has 0 bridgehead atoms. The molecule has 0 aliphatic carbocycles. The first-order chi connectivity index (χ1) is 15.2. The van der Waals surface area contributed by atoms with E-state index in [0.717, 1.165) is 62.5 Å². The van der Waals surface area contributed by atoms with E-state index in [1.54, 1.807) is 6.34 Å². The Morgan fingerprint density at radius 2 is 1.90 bits per heavy atom. The Labute approximate surface area is 183 Å². The van der Waals surface area contributed by atoms with Gasteiger partial charge in [-0.05, 0) is 47.7 Å². The highest BCUT2D eigenvalue weighted by Gasteiger charge is 2.22. The third-order valence-corrected chi connectivity index (χ3v) is 5.75. The molecule has 2 heterocycles. The Kier molecular flexibility index (Phi) is 6.76. The van der Waals surface area contributed by atoms with Gasteiger partial charge >= 0.3 is 0 Å². The molecular weight excluding hydrogens is 392 g/mol. The lowest BCUT2D eigenvalue weighted by atomic mass is 10.0. The van der Waals surface area contributed by atoms with Crippen LogP contribution >= 0.6 is 0 Å². The van der Waals surface area contributed by atoms with Crippen molar-refractivity contribution in [2.75, 3.05) is 26.2 Å². The molecule has 1 fully saturated rings. The Bertz CT molecular complexity index is 915. The Hall–Kier alpha value is -3.42. The second kappa shape index (κ2) is 10.1. The number of ether oxygens (including phenoxy) is 2. The van der Waals surface area contributed by atoms with Gasteiger partial charge in [0, 0.05) is 26.1 Å². The average Bonchev–Trinajstić information content (AvgIpc) is 3.11. The number of hydrazone groups is 2. The summed E-state index contributed by atoms with van der Waals surface area (Å²) in [7, 11) is 0. The van der Waals surface area contributed by atoms with Crippen LogP contribution in [0, 0.1) is 0 Å². The number of rotatable bonds is 7. The quantitative estimate of drug-likeness (QED) is 0.306. The first-order valence-electron chi connectivity index (χ1n) is 10.7. The van der Waals surface area contributed by atoms with Crippen molar-refractivity contribution >= 4 is 12.7 Å². The van der Waals surface area contributed by atoms with Crippen LogP contribution in [0.3, 0.4) is 0 Å². The molecule has 0 saturated carbocycles. The SMILES string of the molecule is NC=NN1CCc2cccc(OCc3ccc(OC4CCN(C=NN)C4)cc3)c2CC1. The van der Waals surface area contributed by atoms with Gasteiger partial charge in [-0.15, -0.1) is 0 Å². The van der Waals surface area contributed by atoms with Gasteiger partial charge in [-0.25, -0.2) is 0 Å². The molecule has 1 unspecified atom stereocenters. The summed E-state index contributed by atoms with van der Waals surface area (Å²) in [6.07, 6.45) is 5.97. The molecule has 4 N–H and O–H groups in total. The van der Waals surface area contributed by atoms with E-state index in [4.69, 9.17) is 21.1 Å². The highest BCUT2D eigenvalue weighted by atomic mass is 16.5. The molecule has 0 radical (unpaired) electrons. The van der Waals surface area contributed by atoms with E-state index >= 15 is 0 Å². The third-order valence-electron chi connectivity index (χ3n) is 5.75. The number of hydrogen-bond acceptors (Lipinski definition) is 6. The molecule has 8 heteroatoms. The molecule has 0 amide bonds. The van der Waals surface area contributed by atoms with E-state index in [-0.39, 0.29) is 6.10 Å². The van der Waals surface area contributed by atoms with Gasteiger partial charge in [0.05, 0.1) is 6.54 Å². The van der Waals surface area contributed by atoms with Gasteiger partial charge in [0.15, 0.2) is 0 Å². The molecule has 4 rings (SSSR count). The smallest absolute Gasteiger partial charge is 0.123 e. The monoisotopic (exact) mass is 422 g/mol. The summed E-state index contributed by atoms with van der Waals surface area (Å²) in [6, 6.07) is 14.4. The predicted molar refractivity (Wildman–Crippen MR) is 122 cm³/mol. The summed E-state index contributed by atoms with van der Waals surface area (Å²) in [5.41, 5.74) is 9.15. The van der Waals surface area contributed by atoms with Crippen molar-refractivity contribution in [2.24, 2.45) is 21.8 Å². The van der Waals surface area contributed by atoms with Gasteiger partial charge in [-0.1, -0.05) is 24.3 Å². The minimum atomic E-state index is 0.156. The second-order valence-electron chi connectivity index (χ2n) is 7.83. The van der Waals surface area contributed by atoms with Crippen LogP contribution in [0.15, 0.2) is 52.7 Å². The van der Waals surface area contributed by atoms with Crippen LogP contribution in [-0.2, 0) is 19.4 Å². The number of nitrogens with zero attached hydrogens (tertiary/aromatic N) is 4. The van der Waals surface area contributed by atoms with Crippen LogP contribution in [0.5, 0.6) is 11.5 Å². The second-order valence-corrected chi connectivity index (χ2v) is 7.83. The molecule has 31 heavy (non-hydrogen) atoms. The number of likely N-dealkylation sites (tertiary alicyclic amines) is 1. The normalized spacial score (nSPS) is 19.0. The summed E-state index contributed by atoms with van der Waals surface area (Å²) in [6.45, 7) is 3.94. The van der Waals surface area contributed by atoms with Crippen molar-refractivity contribution < 1.29 is 9.47 Å². The summed E-state index contributed by atoms with van der Waals surface area (Å²) < 4.78 is 12.3. The van der Waals surface area contributed by atoms with E-state index in [1.807, 2.05) is 17.1 Å². The minimum absolute atomic E-state index is 0.156. The fourth-order valence-corrected chi connectivity index (χ4v) is 4.14. The maximum Gasteiger partial charge on any atom is 0.123 e. The Morgan fingerprint density at radius 1 is 1.06 bits per heavy atom. The van der Waals surface area contributed by atoms with Gasteiger partial charge in [-0.3, -0.25) is 5.01 Å². The van der Waals surface area contributed by atoms with Crippen LogP contribution < -0.4 is 21.1 Å². The largest absolute Gasteiger partial charge is 0.489 e. The van der Waals surface area contributed by atoms with Crippen molar-refractivity contribution in [3.8, 4) is 11.5 Å². The number of fused-ring (bicyclic) bond motifs is 1. The van der Waals surface area contributed by atoms with Crippen LogP contribution in [-0.4, -0.2) is 54.9 Å². The minimum Gasteiger partial charge on any atom is -0.489 e. The van der Waals surface area contributed by atoms with Gasteiger partial charge in [0.25, 0.3) is 0 Å². The average molecular weight is 423 g/mol. The van der Waals surface area contributed by atoms with Gasteiger partial charge < -0.3 is 25.9 Å². The summed E-state index contributed by atoms with van der Waals surface area (Å²) in [5.74, 6) is 7.04. The van der Waals surface area contributed by atoms with Crippen LogP contribution in [0.2, 0.25) is 0 Å². The molecule has 0 aromatic heterocycles. The van der Waals surface area contributed by atoms with E-state index in [2.05, 4.69) is 45.4 Å². The van der Waals surface area contributed by atoms with E-state index in [1.165, 1.54) is 17.5 Å². The summed E-state index contributed by atoms with van der Waals surface area (Å²) in [5, 5.41) is 9.81. The van der Waals surface area contributed by atoms with Crippen LogP contribution in [0.1, 0.15) is 23.1 Å². The molecule has 8 nitrogen and oxygen atoms in total. The maximum absolute atomic E-state index is 6.20. The number of benzene rings is 2. The van der Waals surface area contributed by atoms with E-state index in [9.17, 15) is 0 Å². The molecule has 1 saturated heterocycles. The summed E-state index contributed by atoms with van der Waals surface area (Å²) in [4.78, 5) is 2.07. The molecule has 0 spiro atoms. The molecular formula is C23H30N6O2. The Morgan fingerprint density at radius 3 is 2.71 bits per heavy atom. The highest BCUT2D eigenvalue weighted by molar-refractivity contribution is 5.54. The molecule has 2 aromatic carbocycles. The van der Waals surface area contributed by atoms with Crippen LogP contribution in [0.25, 0.3) is 0 Å². The fraction of sp³-hybridized carbons (Fsp3) is 0.391. The molecule has 2 aromatic rings. The van der Waals surface area contributed by atoms with E-state index in [0.29, 0.717) is 6.61 Å². The lowest BCUT2D eigenvalue weighted by molar-refractivity contribution is 0.215. The zero-order chi connectivity index (χ0) is 21.5. The highest BCUT2D eigenvalue weighted by Crippen LogP contribution is 2.27. The number of nitrogens with two attached hydrogens (primary N) is 2. The van der Waals surface area contributed by atoms with Crippen LogP contribution in [0.4, 0.5) is 0 Å². The zero-order valence-corrected chi connectivity index (χ0v) is 17.7.